The zero-order valence-electron chi connectivity index (χ0n) is 13.0. The van der Waals surface area contributed by atoms with Crippen molar-refractivity contribution >= 4 is 37.8 Å². The van der Waals surface area contributed by atoms with Gasteiger partial charge in [-0.2, -0.15) is 10.2 Å². The molecule has 0 aliphatic carbocycles. The lowest BCUT2D eigenvalue weighted by Gasteiger charge is -2.29. The minimum absolute atomic E-state index is 0.0268. The Morgan fingerprint density at radius 2 is 2.05 bits per heavy atom. The first-order chi connectivity index (χ1) is 10.3. The highest BCUT2D eigenvalue weighted by Crippen LogP contribution is 2.22. The maximum absolute atomic E-state index is 12.8. The van der Waals surface area contributed by atoms with Gasteiger partial charge in [-0.25, -0.2) is 0 Å². The molecule has 1 amide bonds. The molecule has 2 rings (SSSR count). The summed E-state index contributed by atoms with van der Waals surface area (Å²) < 4.78 is 5.26. The zero-order chi connectivity index (χ0) is 16.5. The Balaban J connectivity index is 2.16. The van der Waals surface area contributed by atoms with E-state index in [4.69, 9.17) is 0 Å². The molecule has 22 heavy (non-hydrogen) atoms. The molecule has 0 N–H and O–H groups in total. The van der Waals surface area contributed by atoms with Gasteiger partial charge in [-0.05, 0) is 52.6 Å². The second kappa shape index (κ2) is 6.54. The Morgan fingerprint density at radius 3 is 2.55 bits per heavy atom. The van der Waals surface area contributed by atoms with Crippen LogP contribution in [0.25, 0.3) is 0 Å². The number of nitrogens with zero attached hydrogens (tertiary/aromatic N) is 5. The number of aromatic nitrogens is 4. The molecule has 0 aliphatic rings. The number of likely N-dealkylation sites (N-methyl/N-ethyl adjacent to an activating group) is 1. The number of rotatable bonds is 5. The maximum atomic E-state index is 12.8. The molecular formula is C14H19Br2N5O. The summed E-state index contributed by atoms with van der Waals surface area (Å²) in [6, 6.07) is 0. The van der Waals surface area contributed by atoms with E-state index in [1.54, 1.807) is 29.0 Å². The van der Waals surface area contributed by atoms with E-state index in [9.17, 15) is 4.79 Å². The summed E-state index contributed by atoms with van der Waals surface area (Å²) in [7, 11) is 1.78. The van der Waals surface area contributed by atoms with Crippen LogP contribution in [0, 0.1) is 0 Å². The highest BCUT2D eigenvalue weighted by molar-refractivity contribution is 9.10. The first kappa shape index (κ1) is 17.2. The summed E-state index contributed by atoms with van der Waals surface area (Å²) in [6.45, 7) is 6.97. The van der Waals surface area contributed by atoms with Crippen LogP contribution in [0.1, 0.15) is 26.5 Å². The molecule has 0 saturated carbocycles. The van der Waals surface area contributed by atoms with Crippen molar-refractivity contribution in [1.82, 2.24) is 24.5 Å². The van der Waals surface area contributed by atoms with Crippen molar-refractivity contribution in [2.75, 3.05) is 7.05 Å². The molecule has 6 nitrogen and oxygen atoms in total. The van der Waals surface area contributed by atoms with Gasteiger partial charge in [0.1, 0.15) is 5.54 Å². The van der Waals surface area contributed by atoms with Crippen LogP contribution in [-0.4, -0.2) is 37.4 Å². The number of carbonyl (C=O) groups is 1. The molecule has 2 aromatic rings. The largest absolute Gasteiger partial charge is 0.338 e. The monoisotopic (exact) mass is 431 g/mol. The molecule has 0 fully saturated rings. The van der Waals surface area contributed by atoms with Crippen molar-refractivity contribution in [3.63, 3.8) is 0 Å². The molecule has 0 unspecified atom stereocenters. The standard InChI is InChI=1S/C14H19Br2N5O/c1-5-20-8-11(16)12(18-20)9-19(4)13(22)14(2,3)21-7-10(15)6-17-21/h6-8H,5,9H2,1-4H3. The molecule has 2 heterocycles. The third-order valence-electron chi connectivity index (χ3n) is 3.49. The zero-order valence-corrected chi connectivity index (χ0v) is 16.2. The van der Waals surface area contributed by atoms with Gasteiger partial charge < -0.3 is 4.90 Å². The summed E-state index contributed by atoms with van der Waals surface area (Å²) >= 11 is 6.85. The van der Waals surface area contributed by atoms with Crippen molar-refractivity contribution in [3.8, 4) is 0 Å². The van der Waals surface area contributed by atoms with Gasteiger partial charge in [-0.1, -0.05) is 0 Å². The van der Waals surface area contributed by atoms with E-state index < -0.39 is 5.54 Å². The van der Waals surface area contributed by atoms with Gasteiger partial charge in [-0.3, -0.25) is 14.2 Å². The van der Waals surface area contributed by atoms with Crippen LogP contribution in [0.5, 0.6) is 0 Å². The molecule has 2 aromatic heterocycles. The van der Waals surface area contributed by atoms with Crippen LogP contribution in [0.15, 0.2) is 27.5 Å². The number of hydrogen-bond donors (Lipinski definition) is 0. The minimum Gasteiger partial charge on any atom is -0.338 e. The molecule has 0 bridgehead atoms. The molecule has 0 aromatic carbocycles. The third kappa shape index (κ3) is 3.43. The van der Waals surface area contributed by atoms with E-state index in [2.05, 4.69) is 42.1 Å². The number of aryl methyl sites for hydroxylation is 1. The number of hydrogen-bond acceptors (Lipinski definition) is 3. The molecule has 0 radical (unpaired) electrons. The van der Waals surface area contributed by atoms with E-state index >= 15 is 0 Å². The van der Waals surface area contributed by atoms with E-state index in [-0.39, 0.29) is 5.91 Å². The van der Waals surface area contributed by atoms with Gasteiger partial charge in [0.05, 0.1) is 27.4 Å². The van der Waals surface area contributed by atoms with Crippen molar-refractivity contribution in [3.05, 3.63) is 33.2 Å². The average Bonchev–Trinajstić information content (AvgIpc) is 3.05. The number of carbonyl (C=O) groups excluding carboxylic acids is 1. The molecule has 0 saturated heterocycles. The van der Waals surface area contributed by atoms with Gasteiger partial charge >= 0.3 is 0 Å². The van der Waals surface area contributed by atoms with E-state index in [0.717, 1.165) is 21.2 Å². The topological polar surface area (TPSA) is 56.0 Å². The Kier molecular flexibility index (Phi) is 5.11. The summed E-state index contributed by atoms with van der Waals surface area (Å²) in [6.07, 6.45) is 5.39. The molecule has 0 aliphatic heterocycles. The molecular weight excluding hydrogens is 414 g/mol. The maximum Gasteiger partial charge on any atom is 0.250 e. The van der Waals surface area contributed by atoms with Crippen molar-refractivity contribution in [2.45, 2.75) is 39.4 Å². The normalized spacial score (nSPS) is 11.7. The molecule has 0 atom stereocenters. The molecule has 0 spiro atoms. The lowest BCUT2D eigenvalue weighted by Crippen LogP contribution is -2.45. The van der Waals surface area contributed by atoms with Crippen molar-refractivity contribution in [1.29, 1.82) is 0 Å². The van der Waals surface area contributed by atoms with Gasteiger partial charge in [0.25, 0.3) is 0 Å². The molecule has 120 valence electrons. The Labute approximate surface area is 146 Å². The third-order valence-corrected chi connectivity index (χ3v) is 4.56. The highest BCUT2D eigenvalue weighted by Gasteiger charge is 2.33. The van der Waals surface area contributed by atoms with Crippen molar-refractivity contribution < 1.29 is 4.79 Å². The van der Waals surface area contributed by atoms with Crippen LogP contribution >= 0.6 is 31.9 Å². The lowest BCUT2D eigenvalue weighted by molar-refractivity contribution is -0.139. The van der Waals surface area contributed by atoms with Gasteiger partial charge in [0.15, 0.2) is 0 Å². The Bertz CT molecular complexity index is 677. The quantitative estimate of drug-likeness (QED) is 0.729. The second-order valence-electron chi connectivity index (χ2n) is 5.60. The Hall–Kier alpha value is -1.15. The van der Waals surface area contributed by atoms with Gasteiger partial charge in [-0.15, -0.1) is 0 Å². The number of halogens is 2. The minimum atomic E-state index is -0.763. The van der Waals surface area contributed by atoms with Gasteiger partial charge in [0.2, 0.25) is 5.91 Å². The summed E-state index contributed by atoms with van der Waals surface area (Å²) in [5.74, 6) is -0.0268. The summed E-state index contributed by atoms with van der Waals surface area (Å²) in [5.41, 5.74) is 0.0794. The summed E-state index contributed by atoms with van der Waals surface area (Å²) in [4.78, 5) is 14.4. The fourth-order valence-electron chi connectivity index (χ4n) is 2.17. The van der Waals surface area contributed by atoms with Crippen LogP contribution in [-0.2, 0) is 23.4 Å². The predicted octanol–water partition coefficient (Wildman–Crippen LogP) is 3.02. The van der Waals surface area contributed by atoms with E-state index in [1.165, 1.54) is 0 Å². The first-order valence-corrected chi connectivity index (χ1v) is 8.52. The SMILES string of the molecule is CCn1cc(Br)c(CN(C)C(=O)C(C)(C)n2cc(Br)cn2)n1. The van der Waals surface area contributed by atoms with Crippen LogP contribution in [0.4, 0.5) is 0 Å². The Morgan fingerprint density at radius 1 is 1.36 bits per heavy atom. The first-order valence-electron chi connectivity index (χ1n) is 6.93. The van der Waals surface area contributed by atoms with Crippen LogP contribution < -0.4 is 0 Å². The van der Waals surface area contributed by atoms with Crippen molar-refractivity contribution in [2.24, 2.45) is 0 Å². The molecule has 8 heteroatoms. The second-order valence-corrected chi connectivity index (χ2v) is 7.37. The fraction of sp³-hybridized carbons (Fsp3) is 0.500. The highest BCUT2D eigenvalue weighted by atomic mass is 79.9. The van der Waals surface area contributed by atoms with Crippen LogP contribution in [0.3, 0.4) is 0 Å². The van der Waals surface area contributed by atoms with E-state index in [1.807, 2.05) is 31.6 Å². The van der Waals surface area contributed by atoms with E-state index in [0.29, 0.717) is 6.54 Å². The lowest BCUT2D eigenvalue weighted by atomic mass is 10.0. The fourth-order valence-corrected chi connectivity index (χ4v) is 2.90. The van der Waals surface area contributed by atoms with Crippen LogP contribution in [0.2, 0.25) is 0 Å². The number of amides is 1. The summed E-state index contributed by atoms with van der Waals surface area (Å²) in [5, 5.41) is 8.68. The smallest absolute Gasteiger partial charge is 0.250 e. The van der Waals surface area contributed by atoms with Gasteiger partial charge in [0, 0.05) is 26.0 Å². The average molecular weight is 433 g/mol. The predicted molar refractivity (Wildman–Crippen MR) is 91.3 cm³/mol.